The standard InChI is InChI=1S/C10H14INO2S/c1-2-8(13)3-4-12-10(14)7-5-9(11)15-6-7/h5-6,8,13H,2-4H2,1H3,(H,12,14)/t8-/m1/s1. The van der Waals surface area contributed by atoms with E-state index in [0.717, 1.165) is 9.30 Å². The maximum atomic E-state index is 11.5. The van der Waals surface area contributed by atoms with Gasteiger partial charge in [-0.1, -0.05) is 6.92 Å². The van der Waals surface area contributed by atoms with Gasteiger partial charge in [0, 0.05) is 11.9 Å². The molecule has 0 fully saturated rings. The topological polar surface area (TPSA) is 49.3 Å². The molecule has 1 aromatic heterocycles. The quantitative estimate of drug-likeness (QED) is 0.809. The first-order valence-electron chi connectivity index (χ1n) is 4.83. The number of hydrogen-bond acceptors (Lipinski definition) is 3. The van der Waals surface area contributed by atoms with E-state index in [1.54, 1.807) is 11.3 Å². The van der Waals surface area contributed by atoms with Crippen molar-refractivity contribution in [3.05, 3.63) is 19.9 Å². The zero-order valence-corrected chi connectivity index (χ0v) is 11.5. The summed E-state index contributed by atoms with van der Waals surface area (Å²) in [5.74, 6) is -0.0579. The molecule has 0 spiro atoms. The number of hydrogen-bond donors (Lipinski definition) is 2. The zero-order valence-electron chi connectivity index (χ0n) is 8.50. The zero-order chi connectivity index (χ0) is 11.3. The predicted octanol–water partition coefficient (Wildman–Crippen LogP) is 2.24. The maximum absolute atomic E-state index is 11.5. The highest BCUT2D eigenvalue weighted by Gasteiger charge is 2.07. The number of carbonyl (C=O) groups is 1. The summed E-state index contributed by atoms with van der Waals surface area (Å²) < 4.78 is 1.10. The molecule has 5 heteroatoms. The molecule has 0 aromatic carbocycles. The molecule has 0 unspecified atom stereocenters. The molecule has 0 aliphatic rings. The van der Waals surface area contributed by atoms with Crippen LogP contribution in [0.2, 0.25) is 0 Å². The first-order chi connectivity index (χ1) is 7.13. The summed E-state index contributed by atoms with van der Waals surface area (Å²) in [5, 5.41) is 13.9. The van der Waals surface area contributed by atoms with Gasteiger partial charge in [-0.25, -0.2) is 0 Å². The van der Waals surface area contributed by atoms with E-state index in [9.17, 15) is 9.90 Å². The maximum Gasteiger partial charge on any atom is 0.252 e. The van der Waals surface area contributed by atoms with Gasteiger partial charge >= 0.3 is 0 Å². The van der Waals surface area contributed by atoms with E-state index in [2.05, 4.69) is 27.9 Å². The first kappa shape index (κ1) is 12.9. The van der Waals surface area contributed by atoms with Crippen molar-refractivity contribution in [1.29, 1.82) is 0 Å². The largest absolute Gasteiger partial charge is 0.393 e. The van der Waals surface area contributed by atoms with Gasteiger partial charge in [-0.2, -0.15) is 0 Å². The Balaban J connectivity index is 2.31. The van der Waals surface area contributed by atoms with Crippen molar-refractivity contribution in [2.24, 2.45) is 0 Å². The highest BCUT2D eigenvalue weighted by atomic mass is 127. The van der Waals surface area contributed by atoms with Gasteiger partial charge in [-0.15, -0.1) is 11.3 Å². The summed E-state index contributed by atoms with van der Waals surface area (Å²) in [6, 6.07) is 1.86. The molecular formula is C10H14INO2S. The second kappa shape index (κ2) is 6.44. The van der Waals surface area contributed by atoms with Crippen LogP contribution in [0, 0.1) is 2.88 Å². The van der Waals surface area contributed by atoms with Gasteiger partial charge in [0.05, 0.1) is 14.6 Å². The Kier molecular flexibility index (Phi) is 5.55. The first-order valence-corrected chi connectivity index (χ1v) is 6.79. The van der Waals surface area contributed by atoms with Crippen LogP contribution in [0.15, 0.2) is 11.4 Å². The van der Waals surface area contributed by atoms with Crippen molar-refractivity contribution in [3.8, 4) is 0 Å². The molecule has 3 nitrogen and oxygen atoms in total. The molecule has 0 saturated carbocycles. The lowest BCUT2D eigenvalue weighted by molar-refractivity contribution is 0.0942. The fourth-order valence-electron chi connectivity index (χ4n) is 1.09. The van der Waals surface area contributed by atoms with E-state index in [4.69, 9.17) is 0 Å². The van der Waals surface area contributed by atoms with Crippen molar-refractivity contribution in [2.75, 3.05) is 6.54 Å². The van der Waals surface area contributed by atoms with Crippen LogP contribution in [-0.2, 0) is 0 Å². The number of rotatable bonds is 5. The van der Waals surface area contributed by atoms with Crippen LogP contribution in [0.5, 0.6) is 0 Å². The van der Waals surface area contributed by atoms with E-state index in [-0.39, 0.29) is 12.0 Å². The smallest absolute Gasteiger partial charge is 0.252 e. The average molecular weight is 339 g/mol. The summed E-state index contributed by atoms with van der Waals surface area (Å²) in [6.07, 6.45) is 1.03. The third-order valence-electron chi connectivity index (χ3n) is 2.06. The molecule has 2 N–H and O–H groups in total. The molecule has 1 amide bonds. The van der Waals surface area contributed by atoms with Gasteiger partial charge in [0.25, 0.3) is 5.91 Å². The number of aliphatic hydroxyl groups is 1. The van der Waals surface area contributed by atoms with Crippen molar-refractivity contribution in [1.82, 2.24) is 5.32 Å². The van der Waals surface area contributed by atoms with Crippen LogP contribution < -0.4 is 5.32 Å². The minimum absolute atomic E-state index is 0.0579. The Hall–Kier alpha value is -0.140. The minimum atomic E-state index is -0.312. The third-order valence-corrected chi connectivity index (χ3v) is 3.85. The molecule has 84 valence electrons. The number of halogens is 1. The lowest BCUT2D eigenvalue weighted by Gasteiger charge is -2.07. The second-order valence-electron chi connectivity index (χ2n) is 3.25. The lowest BCUT2D eigenvalue weighted by Crippen LogP contribution is -2.26. The average Bonchev–Trinajstić information content (AvgIpc) is 2.64. The molecule has 1 atom stereocenters. The molecule has 0 aliphatic carbocycles. The number of aliphatic hydroxyl groups excluding tert-OH is 1. The van der Waals surface area contributed by atoms with Crippen LogP contribution in [0.3, 0.4) is 0 Å². The van der Waals surface area contributed by atoms with Crippen molar-refractivity contribution < 1.29 is 9.90 Å². The van der Waals surface area contributed by atoms with E-state index < -0.39 is 0 Å². The Bertz CT molecular complexity index is 327. The van der Waals surface area contributed by atoms with E-state index in [0.29, 0.717) is 18.5 Å². The van der Waals surface area contributed by atoms with Crippen molar-refractivity contribution in [3.63, 3.8) is 0 Å². The van der Waals surface area contributed by atoms with E-state index in [1.165, 1.54) is 0 Å². The fourth-order valence-corrected chi connectivity index (χ4v) is 2.41. The number of thiophene rings is 1. The summed E-state index contributed by atoms with van der Waals surface area (Å²) in [6.45, 7) is 2.45. The Morgan fingerprint density at radius 1 is 1.73 bits per heavy atom. The van der Waals surface area contributed by atoms with Crippen molar-refractivity contribution >= 4 is 39.8 Å². The highest BCUT2D eigenvalue weighted by molar-refractivity contribution is 14.1. The van der Waals surface area contributed by atoms with Crippen LogP contribution in [0.1, 0.15) is 30.1 Å². The molecule has 0 aliphatic heterocycles. The molecule has 15 heavy (non-hydrogen) atoms. The molecule has 0 bridgehead atoms. The Labute approximate surface area is 107 Å². The monoisotopic (exact) mass is 339 g/mol. The lowest BCUT2D eigenvalue weighted by atomic mass is 10.2. The second-order valence-corrected chi connectivity index (χ2v) is 6.05. The van der Waals surface area contributed by atoms with Crippen LogP contribution in [-0.4, -0.2) is 23.7 Å². The third kappa shape index (κ3) is 4.48. The van der Waals surface area contributed by atoms with E-state index >= 15 is 0 Å². The molecule has 1 aromatic rings. The summed E-state index contributed by atoms with van der Waals surface area (Å²) >= 11 is 3.74. The van der Waals surface area contributed by atoms with Crippen LogP contribution in [0.25, 0.3) is 0 Å². The Morgan fingerprint density at radius 3 is 3.00 bits per heavy atom. The van der Waals surface area contributed by atoms with Gasteiger partial charge in [0.1, 0.15) is 0 Å². The fraction of sp³-hybridized carbons (Fsp3) is 0.500. The molecule has 0 radical (unpaired) electrons. The van der Waals surface area contributed by atoms with Crippen molar-refractivity contribution in [2.45, 2.75) is 25.9 Å². The number of amides is 1. The normalized spacial score (nSPS) is 12.5. The summed E-state index contributed by atoms with van der Waals surface area (Å²) in [5.41, 5.74) is 0.704. The molecule has 1 heterocycles. The Morgan fingerprint density at radius 2 is 2.47 bits per heavy atom. The molecule has 0 saturated heterocycles. The summed E-state index contributed by atoms with van der Waals surface area (Å²) in [7, 11) is 0. The predicted molar refractivity (Wildman–Crippen MR) is 70.3 cm³/mol. The van der Waals surface area contributed by atoms with Gasteiger partial charge in [0.2, 0.25) is 0 Å². The van der Waals surface area contributed by atoms with Gasteiger partial charge in [-0.05, 0) is 41.5 Å². The summed E-state index contributed by atoms with van der Waals surface area (Å²) in [4.78, 5) is 11.5. The number of carbonyl (C=O) groups excluding carboxylic acids is 1. The van der Waals surface area contributed by atoms with Gasteiger partial charge in [-0.3, -0.25) is 4.79 Å². The van der Waals surface area contributed by atoms with Crippen LogP contribution >= 0.6 is 33.9 Å². The number of nitrogens with one attached hydrogen (secondary N) is 1. The molecule has 1 rings (SSSR count). The molecular weight excluding hydrogens is 325 g/mol. The minimum Gasteiger partial charge on any atom is -0.393 e. The van der Waals surface area contributed by atoms with Gasteiger partial charge in [0.15, 0.2) is 0 Å². The van der Waals surface area contributed by atoms with E-state index in [1.807, 2.05) is 18.4 Å². The highest BCUT2D eigenvalue weighted by Crippen LogP contribution is 2.16. The SMILES string of the molecule is CC[C@@H](O)CCNC(=O)c1csc(I)c1. The van der Waals surface area contributed by atoms with Gasteiger partial charge < -0.3 is 10.4 Å². The van der Waals surface area contributed by atoms with Crippen LogP contribution in [0.4, 0.5) is 0 Å².